The summed E-state index contributed by atoms with van der Waals surface area (Å²) in [5.74, 6) is 0.662. The quantitative estimate of drug-likeness (QED) is 0.920. The van der Waals surface area contributed by atoms with Crippen LogP contribution in [0.5, 0.6) is 5.75 Å². The molecule has 2 aromatic rings. The van der Waals surface area contributed by atoms with E-state index in [4.69, 9.17) is 4.74 Å². The number of methoxy groups -OCH3 is 1. The Kier molecular flexibility index (Phi) is 3.94. The Labute approximate surface area is 110 Å². The number of hydrogen-bond donors (Lipinski definition) is 1. The normalized spacial score (nSPS) is 10.1. The second-order valence-corrected chi connectivity index (χ2v) is 4.84. The Morgan fingerprint density at radius 3 is 2.67 bits per heavy atom. The average Bonchev–Trinajstić information content (AvgIpc) is 2.83. The first kappa shape index (κ1) is 12.6. The molecule has 0 radical (unpaired) electrons. The van der Waals surface area contributed by atoms with E-state index in [0.717, 1.165) is 16.3 Å². The van der Waals surface area contributed by atoms with Crippen LogP contribution in [0.15, 0.2) is 29.6 Å². The van der Waals surface area contributed by atoms with Crippen molar-refractivity contribution >= 4 is 17.2 Å². The van der Waals surface area contributed by atoms with Gasteiger partial charge in [0.05, 0.1) is 12.1 Å². The number of nitrogens with zero attached hydrogens (tertiary/aromatic N) is 1. The number of rotatable bonds is 4. The maximum Gasteiger partial charge on any atom is 0.271 e. The summed E-state index contributed by atoms with van der Waals surface area (Å²) in [4.78, 5) is 15.9. The average molecular weight is 262 g/mol. The van der Waals surface area contributed by atoms with Gasteiger partial charge in [-0.25, -0.2) is 4.98 Å². The molecule has 4 nitrogen and oxygen atoms in total. The van der Waals surface area contributed by atoms with Crippen LogP contribution in [0.1, 0.15) is 21.1 Å². The van der Waals surface area contributed by atoms with Crippen LogP contribution in [0.4, 0.5) is 0 Å². The van der Waals surface area contributed by atoms with Crippen LogP contribution >= 0.6 is 11.3 Å². The van der Waals surface area contributed by atoms with E-state index in [9.17, 15) is 4.79 Å². The summed E-state index contributed by atoms with van der Waals surface area (Å²) >= 11 is 1.47. The summed E-state index contributed by atoms with van der Waals surface area (Å²) < 4.78 is 5.07. The SMILES string of the molecule is COc1ccc(CNC(=O)c2csc(C)n2)cc1. The maximum absolute atomic E-state index is 11.8. The van der Waals surface area contributed by atoms with Crippen LogP contribution in [0, 0.1) is 6.92 Å². The predicted octanol–water partition coefficient (Wildman–Crippen LogP) is 2.39. The number of nitrogens with one attached hydrogen (secondary N) is 1. The summed E-state index contributed by atoms with van der Waals surface area (Å²) in [5, 5.41) is 5.49. The topological polar surface area (TPSA) is 51.2 Å². The van der Waals surface area contributed by atoms with Crippen LogP contribution < -0.4 is 10.1 Å². The van der Waals surface area contributed by atoms with Crippen molar-refractivity contribution in [2.24, 2.45) is 0 Å². The first-order chi connectivity index (χ1) is 8.69. The minimum absolute atomic E-state index is 0.143. The first-order valence-electron chi connectivity index (χ1n) is 5.52. The standard InChI is InChI=1S/C13H14N2O2S/c1-9-15-12(8-18-9)13(16)14-7-10-3-5-11(17-2)6-4-10/h3-6,8H,7H2,1-2H3,(H,14,16). The van der Waals surface area contributed by atoms with Crippen LogP contribution in [0.3, 0.4) is 0 Å². The second-order valence-electron chi connectivity index (χ2n) is 3.78. The van der Waals surface area contributed by atoms with Crippen molar-refractivity contribution in [1.29, 1.82) is 0 Å². The molecule has 1 heterocycles. The molecule has 0 unspecified atom stereocenters. The Morgan fingerprint density at radius 2 is 2.11 bits per heavy atom. The molecular formula is C13H14N2O2S. The van der Waals surface area contributed by atoms with Gasteiger partial charge in [0.2, 0.25) is 0 Å². The number of aromatic nitrogens is 1. The van der Waals surface area contributed by atoms with Crippen LogP contribution in [-0.2, 0) is 6.54 Å². The summed E-state index contributed by atoms with van der Waals surface area (Å²) in [6, 6.07) is 7.58. The maximum atomic E-state index is 11.8. The predicted molar refractivity (Wildman–Crippen MR) is 71.0 cm³/mol. The number of benzene rings is 1. The molecule has 0 bridgehead atoms. The van der Waals surface area contributed by atoms with Gasteiger partial charge in [-0.3, -0.25) is 4.79 Å². The molecule has 1 aromatic heterocycles. The van der Waals surface area contributed by atoms with Gasteiger partial charge in [0, 0.05) is 11.9 Å². The van der Waals surface area contributed by atoms with Gasteiger partial charge >= 0.3 is 0 Å². The summed E-state index contributed by atoms with van der Waals surface area (Å²) in [6.45, 7) is 2.37. The van der Waals surface area contributed by atoms with Gasteiger partial charge in [-0.2, -0.15) is 0 Å². The number of carbonyl (C=O) groups excluding carboxylic acids is 1. The Balaban J connectivity index is 1.92. The summed E-state index contributed by atoms with van der Waals surface area (Å²) in [7, 11) is 1.63. The highest BCUT2D eigenvalue weighted by Crippen LogP contribution is 2.11. The number of thiazole rings is 1. The fourth-order valence-corrected chi connectivity index (χ4v) is 2.08. The lowest BCUT2D eigenvalue weighted by atomic mass is 10.2. The smallest absolute Gasteiger partial charge is 0.271 e. The highest BCUT2D eigenvalue weighted by Gasteiger charge is 2.08. The zero-order valence-electron chi connectivity index (χ0n) is 10.3. The monoisotopic (exact) mass is 262 g/mol. The third kappa shape index (κ3) is 3.07. The van der Waals surface area contributed by atoms with E-state index in [2.05, 4.69) is 10.3 Å². The van der Waals surface area contributed by atoms with E-state index in [0.29, 0.717) is 12.2 Å². The van der Waals surface area contributed by atoms with Crippen molar-refractivity contribution < 1.29 is 9.53 Å². The van der Waals surface area contributed by atoms with Crippen LogP contribution in [0.2, 0.25) is 0 Å². The number of aryl methyl sites for hydroxylation is 1. The summed E-state index contributed by atoms with van der Waals surface area (Å²) in [5.41, 5.74) is 1.50. The van der Waals surface area contributed by atoms with Gasteiger partial charge < -0.3 is 10.1 Å². The number of amides is 1. The van der Waals surface area contributed by atoms with E-state index in [-0.39, 0.29) is 5.91 Å². The van der Waals surface area contributed by atoms with Gasteiger partial charge in [0.1, 0.15) is 11.4 Å². The zero-order valence-corrected chi connectivity index (χ0v) is 11.1. The number of hydrogen-bond acceptors (Lipinski definition) is 4. The van der Waals surface area contributed by atoms with E-state index in [1.54, 1.807) is 12.5 Å². The Morgan fingerprint density at radius 1 is 1.39 bits per heavy atom. The molecule has 94 valence electrons. The van der Waals surface area contributed by atoms with Crippen molar-refractivity contribution in [3.05, 3.63) is 45.9 Å². The lowest BCUT2D eigenvalue weighted by Crippen LogP contribution is -2.23. The Bertz CT molecular complexity index is 534. The molecule has 1 aromatic carbocycles. The second kappa shape index (κ2) is 5.64. The van der Waals surface area contributed by atoms with E-state index >= 15 is 0 Å². The van der Waals surface area contributed by atoms with Gasteiger partial charge in [-0.15, -0.1) is 11.3 Å². The van der Waals surface area contributed by atoms with Crippen molar-refractivity contribution in [3.8, 4) is 5.75 Å². The molecule has 1 N–H and O–H groups in total. The van der Waals surface area contributed by atoms with Crippen molar-refractivity contribution in [3.63, 3.8) is 0 Å². The zero-order chi connectivity index (χ0) is 13.0. The van der Waals surface area contributed by atoms with Gasteiger partial charge in [0.15, 0.2) is 0 Å². The highest BCUT2D eigenvalue weighted by atomic mass is 32.1. The molecule has 2 rings (SSSR count). The van der Waals surface area contributed by atoms with E-state index in [1.807, 2.05) is 31.2 Å². The fraction of sp³-hybridized carbons (Fsp3) is 0.231. The van der Waals surface area contributed by atoms with Gasteiger partial charge in [-0.1, -0.05) is 12.1 Å². The third-order valence-electron chi connectivity index (χ3n) is 2.46. The lowest BCUT2D eigenvalue weighted by molar-refractivity contribution is 0.0946. The molecule has 1 amide bonds. The van der Waals surface area contributed by atoms with Gasteiger partial charge in [-0.05, 0) is 24.6 Å². The molecule has 18 heavy (non-hydrogen) atoms. The number of ether oxygens (including phenoxy) is 1. The summed E-state index contributed by atoms with van der Waals surface area (Å²) in [6.07, 6.45) is 0. The molecule has 0 spiro atoms. The van der Waals surface area contributed by atoms with Gasteiger partial charge in [0.25, 0.3) is 5.91 Å². The third-order valence-corrected chi connectivity index (χ3v) is 3.24. The van der Waals surface area contributed by atoms with Crippen molar-refractivity contribution in [1.82, 2.24) is 10.3 Å². The molecular weight excluding hydrogens is 248 g/mol. The fourth-order valence-electron chi connectivity index (χ4n) is 1.48. The molecule has 0 saturated carbocycles. The Hall–Kier alpha value is -1.88. The highest BCUT2D eigenvalue weighted by molar-refractivity contribution is 7.09. The van der Waals surface area contributed by atoms with Crippen LogP contribution in [-0.4, -0.2) is 18.0 Å². The van der Waals surface area contributed by atoms with Crippen molar-refractivity contribution in [2.45, 2.75) is 13.5 Å². The molecule has 5 heteroatoms. The molecule has 0 aliphatic rings. The minimum Gasteiger partial charge on any atom is -0.497 e. The van der Waals surface area contributed by atoms with Crippen LogP contribution in [0.25, 0.3) is 0 Å². The number of carbonyl (C=O) groups is 1. The van der Waals surface area contributed by atoms with E-state index in [1.165, 1.54) is 11.3 Å². The molecule has 0 aliphatic carbocycles. The molecule has 0 saturated heterocycles. The molecule has 0 atom stereocenters. The largest absolute Gasteiger partial charge is 0.497 e. The molecule has 0 fully saturated rings. The first-order valence-corrected chi connectivity index (χ1v) is 6.40. The minimum atomic E-state index is -0.143. The molecule has 0 aliphatic heterocycles. The van der Waals surface area contributed by atoms with E-state index < -0.39 is 0 Å². The lowest BCUT2D eigenvalue weighted by Gasteiger charge is -2.04. The van der Waals surface area contributed by atoms with Crippen molar-refractivity contribution in [2.75, 3.05) is 7.11 Å².